The molecule has 1 saturated heterocycles. The fourth-order valence-corrected chi connectivity index (χ4v) is 3.04. The van der Waals surface area contributed by atoms with Crippen LogP contribution in [0.15, 0.2) is 23.1 Å². The Morgan fingerprint density at radius 3 is 2.62 bits per heavy atom. The summed E-state index contributed by atoms with van der Waals surface area (Å²) >= 11 is 0. The molecular weight excluding hydrogens is 288 g/mol. The van der Waals surface area contributed by atoms with E-state index in [2.05, 4.69) is 17.1 Å². The fraction of sp³-hybridized carbons (Fsp3) is 0.571. The Morgan fingerprint density at radius 1 is 1.33 bits per heavy atom. The van der Waals surface area contributed by atoms with Crippen LogP contribution >= 0.6 is 0 Å². The Hall–Kier alpha value is -1.31. The molecule has 0 spiro atoms. The lowest BCUT2D eigenvalue weighted by molar-refractivity contribution is 0.199. The molecular formula is C14H24N4O2S. The third kappa shape index (κ3) is 4.59. The second-order valence-electron chi connectivity index (χ2n) is 5.75. The number of rotatable bonds is 5. The van der Waals surface area contributed by atoms with Gasteiger partial charge in [0.05, 0.1) is 16.3 Å². The van der Waals surface area contributed by atoms with Gasteiger partial charge in [0, 0.05) is 13.1 Å². The summed E-state index contributed by atoms with van der Waals surface area (Å²) in [7, 11) is -3.70. The number of primary sulfonamides is 1. The number of hydrogen-bond acceptors (Lipinski definition) is 5. The van der Waals surface area contributed by atoms with Gasteiger partial charge in [-0.2, -0.15) is 0 Å². The Balaban J connectivity index is 1.91. The first kappa shape index (κ1) is 16.1. The topological polar surface area (TPSA) is 101 Å². The fourth-order valence-electron chi connectivity index (χ4n) is 2.50. The number of benzene rings is 1. The average Bonchev–Trinajstić information content (AvgIpc) is 2.42. The van der Waals surface area contributed by atoms with Gasteiger partial charge < -0.3 is 16.0 Å². The van der Waals surface area contributed by atoms with Crippen LogP contribution in [0.2, 0.25) is 0 Å². The van der Waals surface area contributed by atoms with E-state index in [4.69, 9.17) is 10.9 Å². The summed E-state index contributed by atoms with van der Waals surface area (Å²) in [5.74, 6) is 0.816. The second-order valence-corrected chi connectivity index (χ2v) is 7.31. The lowest BCUT2D eigenvalue weighted by Gasteiger charge is -2.30. The largest absolute Gasteiger partial charge is 0.397 e. The molecule has 1 aromatic rings. The molecule has 0 aromatic heterocycles. The summed E-state index contributed by atoms with van der Waals surface area (Å²) in [6.45, 7) is 6.18. The number of nitrogens with two attached hydrogens (primary N) is 2. The van der Waals surface area contributed by atoms with Crippen molar-refractivity contribution in [1.29, 1.82) is 0 Å². The van der Waals surface area contributed by atoms with E-state index in [1.807, 2.05) is 0 Å². The van der Waals surface area contributed by atoms with Crippen molar-refractivity contribution in [3.63, 3.8) is 0 Å². The highest BCUT2D eigenvalue weighted by Gasteiger charge is 2.15. The maximum absolute atomic E-state index is 11.3. The first-order chi connectivity index (χ1) is 9.86. The number of likely N-dealkylation sites (tertiary alicyclic amines) is 1. The SMILES string of the molecule is CC1CCN(CCNc2cc(S(N)(=O)=O)ccc2N)CC1. The number of nitrogens with zero attached hydrogens (tertiary/aromatic N) is 1. The van der Waals surface area contributed by atoms with Crippen molar-refractivity contribution in [2.45, 2.75) is 24.7 Å². The Kier molecular flexibility index (Phi) is 5.08. The van der Waals surface area contributed by atoms with Gasteiger partial charge in [0.1, 0.15) is 0 Å². The number of nitrogens with one attached hydrogen (secondary N) is 1. The third-order valence-corrected chi connectivity index (χ3v) is 4.88. The molecule has 1 aliphatic rings. The zero-order valence-corrected chi connectivity index (χ0v) is 13.2. The minimum absolute atomic E-state index is 0.0750. The van der Waals surface area contributed by atoms with Gasteiger partial charge in [-0.05, 0) is 50.0 Å². The Morgan fingerprint density at radius 2 is 2.00 bits per heavy atom. The molecule has 0 aliphatic carbocycles. The summed E-state index contributed by atoms with van der Waals surface area (Å²) in [6.07, 6.45) is 2.48. The monoisotopic (exact) mass is 312 g/mol. The van der Waals surface area contributed by atoms with Gasteiger partial charge in [0.25, 0.3) is 0 Å². The van der Waals surface area contributed by atoms with Crippen LogP contribution in [0.5, 0.6) is 0 Å². The number of sulfonamides is 1. The quantitative estimate of drug-likeness (QED) is 0.706. The van der Waals surface area contributed by atoms with Crippen LogP contribution in [0, 0.1) is 5.92 Å². The summed E-state index contributed by atoms with van der Waals surface area (Å²) in [5, 5.41) is 8.33. The molecule has 21 heavy (non-hydrogen) atoms. The van der Waals surface area contributed by atoms with Gasteiger partial charge in [-0.1, -0.05) is 6.92 Å². The highest BCUT2D eigenvalue weighted by Crippen LogP contribution is 2.22. The van der Waals surface area contributed by atoms with E-state index in [0.717, 1.165) is 32.1 Å². The zero-order valence-electron chi connectivity index (χ0n) is 12.4. The number of anilines is 2. The molecule has 1 fully saturated rings. The van der Waals surface area contributed by atoms with Crippen LogP contribution in [0.3, 0.4) is 0 Å². The normalized spacial score (nSPS) is 17.8. The summed E-state index contributed by atoms with van der Waals surface area (Å²) < 4.78 is 22.7. The highest BCUT2D eigenvalue weighted by atomic mass is 32.2. The van der Waals surface area contributed by atoms with Crippen LogP contribution in [0.1, 0.15) is 19.8 Å². The summed E-state index contributed by atoms with van der Waals surface area (Å²) in [5.41, 5.74) is 7.00. The van der Waals surface area contributed by atoms with Crippen LogP contribution in [-0.4, -0.2) is 39.5 Å². The first-order valence-corrected chi connectivity index (χ1v) is 8.79. The molecule has 0 saturated carbocycles. The van der Waals surface area contributed by atoms with Gasteiger partial charge in [-0.25, -0.2) is 13.6 Å². The molecule has 6 nitrogen and oxygen atoms in total. The van der Waals surface area contributed by atoms with Crippen molar-refractivity contribution in [2.75, 3.05) is 37.2 Å². The Labute approximate surface area is 126 Å². The van der Waals surface area contributed by atoms with E-state index >= 15 is 0 Å². The Bertz CT molecular complexity index is 581. The number of hydrogen-bond donors (Lipinski definition) is 3. The van der Waals surface area contributed by atoms with Crippen molar-refractivity contribution in [3.05, 3.63) is 18.2 Å². The van der Waals surface area contributed by atoms with Crippen LogP contribution in [-0.2, 0) is 10.0 Å². The molecule has 0 bridgehead atoms. The average molecular weight is 312 g/mol. The smallest absolute Gasteiger partial charge is 0.238 e. The molecule has 0 radical (unpaired) electrons. The maximum atomic E-state index is 11.3. The predicted octanol–water partition coefficient (Wildman–Crippen LogP) is 1.06. The maximum Gasteiger partial charge on any atom is 0.238 e. The van der Waals surface area contributed by atoms with Crippen LogP contribution in [0.4, 0.5) is 11.4 Å². The molecule has 5 N–H and O–H groups in total. The lowest BCUT2D eigenvalue weighted by atomic mass is 9.99. The minimum Gasteiger partial charge on any atom is -0.397 e. The van der Waals surface area contributed by atoms with E-state index in [-0.39, 0.29) is 4.90 Å². The van der Waals surface area contributed by atoms with Crippen molar-refractivity contribution < 1.29 is 8.42 Å². The van der Waals surface area contributed by atoms with Gasteiger partial charge >= 0.3 is 0 Å². The van der Waals surface area contributed by atoms with Crippen molar-refractivity contribution >= 4 is 21.4 Å². The van der Waals surface area contributed by atoms with Gasteiger partial charge in [-0.3, -0.25) is 0 Å². The molecule has 118 valence electrons. The molecule has 0 atom stereocenters. The van der Waals surface area contributed by atoms with E-state index in [9.17, 15) is 8.42 Å². The van der Waals surface area contributed by atoms with E-state index in [1.165, 1.54) is 25.0 Å². The van der Waals surface area contributed by atoms with Gasteiger partial charge in [-0.15, -0.1) is 0 Å². The van der Waals surface area contributed by atoms with E-state index < -0.39 is 10.0 Å². The second kappa shape index (κ2) is 6.64. The molecule has 0 amide bonds. The number of nitrogen functional groups attached to an aromatic ring is 1. The summed E-state index contributed by atoms with van der Waals surface area (Å²) in [4.78, 5) is 2.48. The van der Waals surface area contributed by atoms with Crippen LogP contribution in [0.25, 0.3) is 0 Å². The van der Waals surface area contributed by atoms with Gasteiger partial charge in [0.2, 0.25) is 10.0 Å². The molecule has 1 aliphatic heterocycles. The summed E-state index contributed by atoms with van der Waals surface area (Å²) in [6, 6.07) is 4.47. The molecule has 1 heterocycles. The molecule has 2 rings (SSSR count). The lowest BCUT2D eigenvalue weighted by Crippen LogP contribution is -2.36. The molecule has 7 heteroatoms. The van der Waals surface area contributed by atoms with Crippen molar-refractivity contribution in [1.82, 2.24) is 4.90 Å². The van der Waals surface area contributed by atoms with E-state index in [1.54, 1.807) is 6.07 Å². The predicted molar refractivity (Wildman–Crippen MR) is 85.6 cm³/mol. The van der Waals surface area contributed by atoms with Crippen molar-refractivity contribution in [3.8, 4) is 0 Å². The van der Waals surface area contributed by atoms with Crippen molar-refractivity contribution in [2.24, 2.45) is 11.1 Å². The molecule has 0 unspecified atom stereocenters. The van der Waals surface area contributed by atoms with Gasteiger partial charge in [0.15, 0.2) is 0 Å². The van der Waals surface area contributed by atoms with E-state index in [0.29, 0.717) is 11.4 Å². The first-order valence-electron chi connectivity index (χ1n) is 7.25. The highest BCUT2D eigenvalue weighted by molar-refractivity contribution is 7.89. The minimum atomic E-state index is -3.70. The standard InChI is InChI=1S/C14H24N4O2S/c1-11-4-7-18(8-5-11)9-6-17-14-10-12(21(16,19)20)2-3-13(14)15/h2-3,10-11,17H,4-9,15H2,1H3,(H2,16,19,20). The zero-order chi connectivity index (χ0) is 15.5. The van der Waals surface area contributed by atoms with Crippen LogP contribution < -0.4 is 16.2 Å². The third-order valence-electron chi connectivity index (χ3n) is 3.97. The number of piperidine rings is 1. The molecule has 1 aromatic carbocycles.